The summed E-state index contributed by atoms with van der Waals surface area (Å²) in [5.74, 6) is 7.20. The Balaban J connectivity index is 1.82. The Labute approximate surface area is 170 Å². The molecule has 6 atom stereocenters. The topological polar surface area (TPSA) is 60.8 Å². The van der Waals surface area contributed by atoms with E-state index in [9.17, 15) is 15.0 Å². The summed E-state index contributed by atoms with van der Waals surface area (Å²) < 4.78 is 0. The lowest BCUT2D eigenvalue weighted by molar-refractivity contribution is -0.128. The van der Waals surface area contributed by atoms with E-state index >= 15 is 0 Å². The SMILES string of the molecule is CC#CC[C@@H](C)[C@H](O)/C=C/[C@@H]1[C@H]2CC(CCCCC(=O)N(C)C)=C[C@H]2C[C@H]1O. The lowest BCUT2D eigenvalue weighted by Crippen LogP contribution is -2.21. The van der Waals surface area contributed by atoms with Gasteiger partial charge < -0.3 is 15.1 Å². The minimum absolute atomic E-state index is 0.0974. The first-order chi connectivity index (χ1) is 13.3. The number of unbranched alkanes of at least 4 members (excludes halogenated alkanes) is 1. The Morgan fingerprint density at radius 1 is 1.39 bits per heavy atom. The molecule has 156 valence electrons. The number of aliphatic hydroxyl groups excluding tert-OH is 2. The highest BCUT2D eigenvalue weighted by Gasteiger charge is 2.43. The third kappa shape index (κ3) is 6.22. The smallest absolute Gasteiger partial charge is 0.222 e. The molecule has 1 saturated carbocycles. The van der Waals surface area contributed by atoms with Crippen molar-refractivity contribution in [3.8, 4) is 11.8 Å². The first-order valence-electron chi connectivity index (χ1n) is 10.7. The first kappa shape index (κ1) is 22.7. The van der Waals surface area contributed by atoms with Gasteiger partial charge in [0.05, 0.1) is 12.2 Å². The van der Waals surface area contributed by atoms with Gasteiger partial charge in [0.2, 0.25) is 5.91 Å². The molecule has 0 aromatic rings. The number of hydrogen-bond donors (Lipinski definition) is 2. The molecule has 0 aliphatic heterocycles. The van der Waals surface area contributed by atoms with Crippen LogP contribution < -0.4 is 0 Å². The minimum Gasteiger partial charge on any atom is -0.392 e. The van der Waals surface area contributed by atoms with E-state index in [0.717, 1.165) is 32.1 Å². The summed E-state index contributed by atoms with van der Waals surface area (Å²) in [5, 5.41) is 20.8. The number of allylic oxidation sites excluding steroid dienone is 2. The largest absolute Gasteiger partial charge is 0.392 e. The number of amides is 1. The molecule has 0 saturated heterocycles. The molecular formula is C24H37NO3. The van der Waals surface area contributed by atoms with Crippen LogP contribution in [-0.4, -0.2) is 47.3 Å². The second-order valence-corrected chi connectivity index (χ2v) is 8.72. The highest BCUT2D eigenvalue weighted by Crippen LogP contribution is 2.48. The van der Waals surface area contributed by atoms with Gasteiger partial charge in [0, 0.05) is 32.9 Å². The molecule has 4 heteroatoms. The third-order valence-electron chi connectivity index (χ3n) is 6.30. The Hall–Kier alpha value is -1.57. The maximum absolute atomic E-state index is 11.7. The van der Waals surface area contributed by atoms with Crippen molar-refractivity contribution in [1.29, 1.82) is 0 Å². The number of nitrogens with zero attached hydrogens (tertiary/aromatic N) is 1. The molecule has 28 heavy (non-hydrogen) atoms. The van der Waals surface area contributed by atoms with E-state index in [1.807, 2.05) is 26.0 Å². The molecule has 0 aromatic heterocycles. The summed E-state index contributed by atoms with van der Waals surface area (Å²) in [4.78, 5) is 13.3. The minimum atomic E-state index is -0.518. The van der Waals surface area contributed by atoms with Crippen molar-refractivity contribution in [2.24, 2.45) is 23.7 Å². The summed E-state index contributed by atoms with van der Waals surface area (Å²) in [7, 11) is 3.60. The van der Waals surface area contributed by atoms with Gasteiger partial charge in [-0.25, -0.2) is 0 Å². The number of fused-ring (bicyclic) bond motifs is 1. The normalized spacial score (nSPS) is 28.4. The van der Waals surface area contributed by atoms with Crippen LogP contribution in [0.25, 0.3) is 0 Å². The molecular weight excluding hydrogens is 350 g/mol. The van der Waals surface area contributed by atoms with Crippen LogP contribution >= 0.6 is 0 Å². The quantitative estimate of drug-likeness (QED) is 0.361. The van der Waals surface area contributed by atoms with Crippen molar-refractivity contribution in [3.63, 3.8) is 0 Å². The van der Waals surface area contributed by atoms with Crippen LogP contribution in [0.1, 0.15) is 58.8 Å². The van der Waals surface area contributed by atoms with E-state index in [4.69, 9.17) is 0 Å². The van der Waals surface area contributed by atoms with Crippen LogP contribution in [0.5, 0.6) is 0 Å². The summed E-state index contributed by atoms with van der Waals surface area (Å²) in [6, 6.07) is 0. The first-order valence-corrected chi connectivity index (χ1v) is 10.7. The van der Waals surface area contributed by atoms with Crippen LogP contribution in [0.15, 0.2) is 23.8 Å². The summed E-state index contributed by atoms with van der Waals surface area (Å²) in [6.07, 6.45) is 11.6. The second-order valence-electron chi connectivity index (χ2n) is 8.72. The van der Waals surface area contributed by atoms with Crippen LogP contribution in [0.2, 0.25) is 0 Å². The van der Waals surface area contributed by atoms with E-state index in [1.54, 1.807) is 19.0 Å². The van der Waals surface area contributed by atoms with Gasteiger partial charge in [0.25, 0.3) is 0 Å². The number of rotatable bonds is 9. The van der Waals surface area contributed by atoms with Crippen molar-refractivity contribution in [2.75, 3.05) is 14.1 Å². The van der Waals surface area contributed by atoms with E-state index in [2.05, 4.69) is 17.9 Å². The van der Waals surface area contributed by atoms with E-state index in [-0.39, 0.29) is 23.8 Å². The molecule has 2 aliphatic rings. The van der Waals surface area contributed by atoms with Gasteiger partial charge in [0.15, 0.2) is 0 Å². The molecule has 2 rings (SSSR count). The van der Waals surface area contributed by atoms with Gasteiger partial charge in [-0.1, -0.05) is 30.7 Å². The van der Waals surface area contributed by atoms with Gasteiger partial charge in [-0.3, -0.25) is 4.79 Å². The van der Waals surface area contributed by atoms with Crippen molar-refractivity contribution in [3.05, 3.63) is 23.8 Å². The zero-order chi connectivity index (χ0) is 20.7. The maximum Gasteiger partial charge on any atom is 0.222 e. The van der Waals surface area contributed by atoms with Crippen molar-refractivity contribution < 1.29 is 15.0 Å². The van der Waals surface area contributed by atoms with Crippen LogP contribution in [0.4, 0.5) is 0 Å². The molecule has 0 heterocycles. The molecule has 4 nitrogen and oxygen atoms in total. The van der Waals surface area contributed by atoms with Gasteiger partial charge in [-0.05, 0) is 56.8 Å². The molecule has 0 spiro atoms. The fourth-order valence-corrected chi connectivity index (χ4v) is 4.46. The predicted molar refractivity (Wildman–Crippen MR) is 113 cm³/mol. The Morgan fingerprint density at radius 3 is 2.82 bits per heavy atom. The standard InChI is InChI=1S/C24H37NO3/c1-5-6-9-17(2)22(26)13-12-20-21-15-18(14-19(21)16-23(20)27)10-7-8-11-24(28)25(3)4/h12-14,17,19-23,26-27H,7-11,15-16H2,1-4H3/b13-12+/t17-,19+,20-,21+,22-,23-/m1/s1. The summed E-state index contributed by atoms with van der Waals surface area (Å²) in [5.41, 5.74) is 1.48. The van der Waals surface area contributed by atoms with Crippen molar-refractivity contribution in [1.82, 2.24) is 4.90 Å². The fourth-order valence-electron chi connectivity index (χ4n) is 4.46. The highest BCUT2D eigenvalue weighted by molar-refractivity contribution is 5.75. The van der Waals surface area contributed by atoms with Gasteiger partial charge in [-0.2, -0.15) is 0 Å². The van der Waals surface area contributed by atoms with Gasteiger partial charge in [0.1, 0.15) is 0 Å². The number of carbonyl (C=O) groups is 1. The lowest BCUT2D eigenvalue weighted by Gasteiger charge is -2.20. The molecule has 0 bridgehead atoms. The summed E-state index contributed by atoms with van der Waals surface area (Å²) in [6.45, 7) is 3.82. The van der Waals surface area contributed by atoms with Crippen LogP contribution in [0, 0.1) is 35.5 Å². The van der Waals surface area contributed by atoms with Crippen molar-refractivity contribution in [2.45, 2.75) is 71.0 Å². The van der Waals surface area contributed by atoms with E-state index < -0.39 is 6.10 Å². The average molecular weight is 388 g/mol. The Bertz CT molecular complexity index is 640. The highest BCUT2D eigenvalue weighted by atomic mass is 16.3. The monoisotopic (exact) mass is 387 g/mol. The molecule has 0 aromatic carbocycles. The molecule has 0 radical (unpaired) electrons. The van der Waals surface area contributed by atoms with Gasteiger partial charge >= 0.3 is 0 Å². The molecule has 1 fully saturated rings. The zero-order valence-corrected chi connectivity index (χ0v) is 17.9. The number of aliphatic hydroxyl groups is 2. The molecule has 1 amide bonds. The molecule has 2 N–H and O–H groups in total. The number of carbonyl (C=O) groups excluding carboxylic acids is 1. The van der Waals surface area contributed by atoms with E-state index in [0.29, 0.717) is 24.7 Å². The predicted octanol–water partition coefficient (Wildman–Crippen LogP) is 3.54. The lowest BCUT2D eigenvalue weighted by atomic mass is 9.88. The zero-order valence-electron chi connectivity index (χ0n) is 17.9. The van der Waals surface area contributed by atoms with Crippen molar-refractivity contribution >= 4 is 5.91 Å². The number of hydrogen-bond acceptors (Lipinski definition) is 3. The Morgan fingerprint density at radius 2 is 2.14 bits per heavy atom. The Kier molecular flexibility index (Phi) is 8.79. The third-order valence-corrected chi connectivity index (χ3v) is 6.30. The van der Waals surface area contributed by atoms with Crippen LogP contribution in [0.3, 0.4) is 0 Å². The second kappa shape index (κ2) is 10.8. The van der Waals surface area contributed by atoms with E-state index in [1.165, 1.54) is 5.57 Å². The molecule has 0 unspecified atom stereocenters. The fraction of sp³-hybridized carbons (Fsp3) is 0.708. The summed E-state index contributed by atoms with van der Waals surface area (Å²) >= 11 is 0. The molecule has 2 aliphatic carbocycles. The average Bonchev–Trinajstić information content (AvgIpc) is 3.17. The van der Waals surface area contributed by atoms with Crippen LogP contribution in [-0.2, 0) is 4.79 Å². The maximum atomic E-state index is 11.7. The van der Waals surface area contributed by atoms with Gasteiger partial charge in [-0.15, -0.1) is 11.8 Å².